The second-order valence-corrected chi connectivity index (χ2v) is 7.75. The number of aromatic nitrogens is 1. The van der Waals surface area contributed by atoms with E-state index in [9.17, 15) is 18.0 Å². The van der Waals surface area contributed by atoms with Crippen molar-refractivity contribution < 1.29 is 36.6 Å². The highest BCUT2D eigenvalue weighted by Gasteiger charge is 2.24. The predicted molar refractivity (Wildman–Crippen MR) is 112 cm³/mol. The summed E-state index contributed by atoms with van der Waals surface area (Å²) in [5, 5.41) is 0. The molecule has 0 amide bonds. The molecule has 9 heteroatoms. The highest BCUT2D eigenvalue weighted by molar-refractivity contribution is 5.98. The van der Waals surface area contributed by atoms with Gasteiger partial charge in [-0.2, -0.15) is 4.39 Å². The molecule has 0 bridgehead atoms. The number of ketones is 1. The smallest absolute Gasteiger partial charge is 0.226 e. The molecule has 0 spiro atoms. The van der Waals surface area contributed by atoms with Gasteiger partial charge >= 0.3 is 0 Å². The lowest BCUT2D eigenvalue weighted by atomic mass is 10.0. The van der Waals surface area contributed by atoms with Crippen molar-refractivity contribution in [3.63, 3.8) is 0 Å². The van der Waals surface area contributed by atoms with Crippen molar-refractivity contribution in [1.29, 1.82) is 0 Å². The zero-order valence-corrected chi connectivity index (χ0v) is 18.1. The average molecular weight is 461 g/mol. The van der Waals surface area contributed by atoms with Gasteiger partial charge in [0.25, 0.3) is 0 Å². The molecule has 33 heavy (non-hydrogen) atoms. The van der Waals surface area contributed by atoms with E-state index < -0.39 is 29.0 Å². The van der Waals surface area contributed by atoms with Gasteiger partial charge in [0, 0.05) is 18.4 Å². The summed E-state index contributed by atoms with van der Waals surface area (Å²) in [4.78, 5) is 16.9. The molecule has 1 heterocycles. The zero-order chi connectivity index (χ0) is 23.5. The van der Waals surface area contributed by atoms with Crippen LogP contribution >= 0.6 is 0 Å². The highest BCUT2D eigenvalue weighted by atomic mass is 19.2. The van der Waals surface area contributed by atoms with E-state index in [2.05, 4.69) is 4.98 Å². The first-order valence-corrected chi connectivity index (χ1v) is 10.4. The van der Waals surface area contributed by atoms with E-state index >= 15 is 0 Å². The highest BCUT2D eigenvalue weighted by Crippen LogP contribution is 2.35. The number of hydrogen-bond donors (Lipinski definition) is 0. The molecule has 1 aromatic heterocycles. The van der Waals surface area contributed by atoms with Crippen molar-refractivity contribution in [2.75, 3.05) is 20.8 Å². The van der Waals surface area contributed by atoms with Gasteiger partial charge < -0.3 is 18.6 Å². The van der Waals surface area contributed by atoms with Gasteiger partial charge in [-0.05, 0) is 43.0 Å². The molecule has 4 rings (SSSR count). The van der Waals surface area contributed by atoms with Gasteiger partial charge in [-0.25, -0.2) is 13.8 Å². The summed E-state index contributed by atoms with van der Waals surface area (Å²) in [6.07, 6.45) is 3.74. The molecule has 0 saturated heterocycles. The maximum atomic E-state index is 13.9. The number of benzene rings is 2. The Morgan fingerprint density at radius 2 is 1.88 bits per heavy atom. The molecule has 0 atom stereocenters. The van der Waals surface area contributed by atoms with Gasteiger partial charge in [0.05, 0.1) is 32.1 Å². The van der Waals surface area contributed by atoms with Crippen molar-refractivity contribution in [3.05, 3.63) is 59.2 Å². The first kappa shape index (κ1) is 22.7. The number of Topliss-reactive ketones (excluding diaryl/α,β-unsaturated/α-hetero) is 1. The summed E-state index contributed by atoms with van der Waals surface area (Å²) in [5.74, 6) is -3.84. The van der Waals surface area contributed by atoms with Crippen LogP contribution in [0.1, 0.15) is 35.3 Å². The first-order valence-electron chi connectivity index (χ1n) is 10.4. The number of rotatable bonds is 10. The van der Waals surface area contributed by atoms with Crippen LogP contribution in [0.2, 0.25) is 0 Å². The van der Waals surface area contributed by atoms with Crippen LogP contribution in [0.25, 0.3) is 11.5 Å². The molecule has 1 saturated carbocycles. The molecule has 0 radical (unpaired) electrons. The number of nitrogens with zero attached hydrogens (tertiary/aromatic N) is 1. The summed E-state index contributed by atoms with van der Waals surface area (Å²) in [7, 11) is 2.64. The maximum Gasteiger partial charge on any atom is 0.226 e. The third-order valence-electron chi connectivity index (χ3n) is 5.36. The van der Waals surface area contributed by atoms with E-state index in [0.717, 1.165) is 20.0 Å². The van der Waals surface area contributed by atoms with Gasteiger partial charge in [0.1, 0.15) is 6.26 Å². The lowest BCUT2D eigenvalue weighted by molar-refractivity contribution is 0.0977. The Morgan fingerprint density at radius 3 is 2.58 bits per heavy atom. The summed E-state index contributed by atoms with van der Waals surface area (Å²) in [6, 6.07) is 5.94. The van der Waals surface area contributed by atoms with Gasteiger partial charge in [0.15, 0.2) is 34.7 Å². The monoisotopic (exact) mass is 461 g/mol. The molecule has 1 aliphatic carbocycles. The minimum Gasteiger partial charge on any atom is -0.493 e. The number of aryl methyl sites for hydroxylation is 1. The molecule has 174 valence electrons. The minimum absolute atomic E-state index is 0.134. The molecule has 1 fully saturated rings. The third kappa shape index (κ3) is 4.97. The molecule has 1 aliphatic rings. The number of methoxy groups -OCH3 is 2. The number of carbonyl (C=O) groups excluding carboxylic acids is 1. The van der Waals surface area contributed by atoms with Crippen molar-refractivity contribution in [2.45, 2.75) is 25.7 Å². The standard InChI is InChI=1S/C24H22F3NO5/c1-30-19-8-5-14(9-20(19)32-11-13-3-4-13)24-28-15(12-33-24)6-7-18(29)16-10-17(25)21(26)22(27)23(16)31-2/h5,8-10,12-13H,3-4,6-7,11H2,1-2H3. The molecule has 0 N–H and O–H groups in total. The van der Waals surface area contributed by atoms with Gasteiger partial charge in [-0.1, -0.05) is 0 Å². The van der Waals surface area contributed by atoms with Gasteiger partial charge in [-0.3, -0.25) is 4.79 Å². The van der Waals surface area contributed by atoms with Crippen LogP contribution in [0.4, 0.5) is 13.2 Å². The lowest BCUT2D eigenvalue weighted by Crippen LogP contribution is -2.08. The summed E-state index contributed by atoms with van der Waals surface area (Å²) in [5.41, 5.74) is 0.769. The molecule has 0 unspecified atom stereocenters. The van der Waals surface area contributed by atoms with E-state index in [0.29, 0.717) is 47.2 Å². The average Bonchev–Trinajstić information content (AvgIpc) is 3.54. The van der Waals surface area contributed by atoms with Crippen LogP contribution in [-0.2, 0) is 6.42 Å². The Balaban J connectivity index is 1.46. The van der Waals surface area contributed by atoms with Crippen LogP contribution in [0.3, 0.4) is 0 Å². The Bertz CT molecular complexity index is 1170. The van der Waals surface area contributed by atoms with Crippen LogP contribution in [-0.4, -0.2) is 31.6 Å². The van der Waals surface area contributed by atoms with Crippen LogP contribution in [0, 0.1) is 23.4 Å². The molecule has 2 aromatic carbocycles. The second-order valence-electron chi connectivity index (χ2n) is 7.75. The Morgan fingerprint density at radius 1 is 1.09 bits per heavy atom. The number of halogens is 3. The number of hydrogen-bond acceptors (Lipinski definition) is 6. The summed E-state index contributed by atoms with van der Waals surface area (Å²) < 4.78 is 62.4. The van der Waals surface area contributed by atoms with Crippen molar-refractivity contribution in [1.82, 2.24) is 4.98 Å². The fraction of sp³-hybridized carbons (Fsp3) is 0.333. The normalized spacial score (nSPS) is 13.1. The van der Waals surface area contributed by atoms with Crippen LogP contribution < -0.4 is 14.2 Å². The number of oxazole rings is 1. The molecular formula is C24H22F3NO5. The van der Waals surface area contributed by atoms with E-state index in [1.165, 1.54) is 6.26 Å². The second kappa shape index (κ2) is 9.56. The van der Waals surface area contributed by atoms with E-state index in [4.69, 9.17) is 18.6 Å². The largest absolute Gasteiger partial charge is 0.493 e. The first-order chi connectivity index (χ1) is 15.9. The third-order valence-corrected chi connectivity index (χ3v) is 5.36. The van der Waals surface area contributed by atoms with Crippen molar-refractivity contribution >= 4 is 5.78 Å². The Hall–Kier alpha value is -3.49. The van der Waals surface area contributed by atoms with Crippen molar-refractivity contribution in [3.8, 4) is 28.7 Å². The fourth-order valence-corrected chi connectivity index (χ4v) is 3.33. The Kier molecular flexibility index (Phi) is 6.57. The molecule has 0 aliphatic heterocycles. The molecule has 6 nitrogen and oxygen atoms in total. The van der Waals surface area contributed by atoms with Crippen LogP contribution in [0.5, 0.6) is 17.2 Å². The summed E-state index contributed by atoms with van der Waals surface area (Å²) in [6.45, 7) is 0.618. The lowest BCUT2D eigenvalue weighted by Gasteiger charge is -2.11. The van der Waals surface area contributed by atoms with E-state index in [1.54, 1.807) is 25.3 Å². The predicted octanol–water partition coefficient (Wildman–Crippen LogP) is 5.38. The number of carbonyl (C=O) groups is 1. The maximum absolute atomic E-state index is 13.9. The summed E-state index contributed by atoms with van der Waals surface area (Å²) >= 11 is 0. The van der Waals surface area contributed by atoms with E-state index in [1.807, 2.05) is 0 Å². The van der Waals surface area contributed by atoms with Gasteiger partial charge in [0.2, 0.25) is 11.7 Å². The Labute approximate surface area is 188 Å². The minimum atomic E-state index is -1.69. The number of ether oxygens (including phenoxy) is 3. The SMILES string of the molecule is COc1ccc(-c2nc(CCC(=O)c3cc(F)c(F)c(F)c3OC)co2)cc1OCC1CC1. The fourth-order valence-electron chi connectivity index (χ4n) is 3.33. The zero-order valence-electron chi connectivity index (χ0n) is 18.1. The molecular weight excluding hydrogens is 439 g/mol. The van der Waals surface area contributed by atoms with E-state index in [-0.39, 0.29) is 18.4 Å². The molecule has 3 aromatic rings. The van der Waals surface area contributed by atoms with Gasteiger partial charge in [-0.15, -0.1) is 0 Å². The van der Waals surface area contributed by atoms with Crippen molar-refractivity contribution in [2.24, 2.45) is 5.92 Å². The topological polar surface area (TPSA) is 70.8 Å². The quantitative estimate of drug-likeness (QED) is 0.298. The van der Waals surface area contributed by atoms with Crippen LogP contribution in [0.15, 0.2) is 34.9 Å².